The third kappa shape index (κ3) is 7.95. The number of hydrogen-bond acceptors (Lipinski definition) is 1. The van der Waals surface area contributed by atoms with Crippen LogP contribution in [0, 0.1) is 0 Å². The summed E-state index contributed by atoms with van der Waals surface area (Å²) in [6.07, 6.45) is 2.66. The van der Waals surface area contributed by atoms with Crippen LogP contribution < -0.4 is 0 Å². The molecular weight excluding hydrogens is 268 g/mol. The number of hydrogen-bond donors (Lipinski definition) is 0. The minimum atomic E-state index is 1.18. The summed E-state index contributed by atoms with van der Waals surface area (Å²) in [4.78, 5) is 2.63. The molecule has 2 heteroatoms. The maximum Gasteiger partial charge on any atom is 0.104 e. The van der Waals surface area contributed by atoms with Crippen LogP contribution >= 0.6 is 0 Å². The Bertz CT molecular complexity index is 340. The van der Waals surface area contributed by atoms with Gasteiger partial charge in [-0.2, -0.15) is 0 Å². The van der Waals surface area contributed by atoms with E-state index < -0.39 is 0 Å². The van der Waals surface area contributed by atoms with Gasteiger partial charge in [0.05, 0.1) is 20.1 Å². The predicted octanol–water partition coefficient (Wildman–Crippen LogP) is 4.80. The van der Waals surface area contributed by atoms with Gasteiger partial charge < -0.3 is 4.48 Å². The molecule has 1 aliphatic heterocycles. The lowest BCUT2D eigenvalue weighted by Gasteiger charge is -2.42. The maximum atomic E-state index is 2.63. The number of likely N-dealkylation sites (N-methyl/N-ethyl adjacent to an activating group) is 1. The summed E-state index contributed by atoms with van der Waals surface area (Å²) in [5.41, 5.74) is 1.47. The summed E-state index contributed by atoms with van der Waals surface area (Å²) in [6, 6.07) is 10.9. The Kier molecular flexibility index (Phi) is 12.2. The smallest absolute Gasteiger partial charge is 0.104 e. The van der Waals surface area contributed by atoms with Crippen molar-refractivity contribution >= 4 is 0 Å². The Morgan fingerprint density at radius 3 is 2.00 bits per heavy atom. The van der Waals surface area contributed by atoms with Crippen molar-refractivity contribution in [1.82, 2.24) is 4.90 Å². The zero-order chi connectivity index (χ0) is 16.8. The van der Waals surface area contributed by atoms with E-state index in [-0.39, 0.29) is 0 Å². The van der Waals surface area contributed by atoms with Crippen LogP contribution in [0.3, 0.4) is 0 Å². The summed E-state index contributed by atoms with van der Waals surface area (Å²) >= 11 is 0. The van der Waals surface area contributed by atoms with Gasteiger partial charge in [-0.05, 0) is 13.0 Å². The Morgan fingerprint density at radius 2 is 1.50 bits per heavy atom. The molecule has 2 nitrogen and oxygen atoms in total. The van der Waals surface area contributed by atoms with Crippen molar-refractivity contribution in [3.63, 3.8) is 0 Å². The fourth-order valence-electron chi connectivity index (χ4n) is 2.78. The molecule has 1 fully saturated rings. The van der Waals surface area contributed by atoms with Crippen LogP contribution in [0.4, 0.5) is 0 Å². The van der Waals surface area contributed by atoms with Crippen LogP contribution in [0.5, 0.6) is 0 Å². The summed E-state index contributed by atoms with van der Waals surface area (Å²) in [5.74, 6) is 0. The topological polar surface area (TPSA) is 3.24 Å². The Balaban J connectivity index is 0.00000102. The Hall–Kier alpha value is -0.860. The van der Waals surface area contributed by atoms with Crippen molar-refractivity contribution in [2.24, 2.45) is 0 Å². The van der Waals surface area contributed by atoms with Crippen molar-refractivity contribution in [3.05, 3.63) is 35.9 Å². The maximum absolute atomic E-state index is 2.63. The molecule has 22 heavy (non-hydrogen) atoms. The van der Waals surface area contributed by atoms with E-state index in [4.69, 9.17) is 0 Å². The molecule has 128 valence electrons. The second-order valence-corrected chi connectivity index (χ2v) is 5.91. The lowest BCUT2D eigenvalue weighted by molar-refractivity contribution is -0.926. The van der Waals surface area contributed by atoms with Gasteiger partial charge in [0.1, 0.15) is 6.54 Å². The first kappa shape index (κ1) is 21.1. The van der Waals surface area contributed by atoms with Crippen molar-refractivity contribution in [2.75, 3.05) is 39.8 Å². The van der Waals surface area contributed by atoms with E-state index in [9.17, 15) is 0 Å². The van der Waals surface area contributed by atoms with E-state index >= 15 is 0 Å². The first-order valence-corrected chi connectivity index (χ1v) is 9.32. The molecule has 0 atom stereocenters. The predicted molar refractivity (Wildman–Crippen MR) is 100 cm³/mol. The van der Waals surface area contributed by atoms with E-state index in [1.165, 1.54) is 62.2 Å². The molecule has 1 aromatic carbocycles. The number of nitrogens with zero attached hydrogens (tertiary/aromatic N) is 2. The molecule has 0 unspecified atom stereocenters. The summed E-state index contributed by atoms with van der Waals surface area (Å²) in [6.45, 7) is 17.9. The van der Waals surface area contributed by atoms with Gasteiger partial charge in [-0.3, -0.25) is 4.90 Å². The molecular formula is C20H39N2+. The van der Waals surface area contributed by atoms with Crippen LogP contribution in [0.15, 0.2) is 30.3 Å². The molecule has 0 aromatic heterocycles. The van der Waals surface area contributed by atoms with Crippen LogP contribution in [0.25, 0.3) is 0 Å². The van der Waals surface area contributed by atoms with Gasteiger partial charge in [0.15, 0.2) is 0 Å². The van der Waals surface area contributed by atoms with Gasteiger partial charge in [-0.25, -0.2) is 0 Å². The SMILES string of the molecule is CC.CC.CCCCN1CC[N+](C)(Cc2ccccc2)CC1. The van der Waals surface area contributed by atoms with Gasteiger partial charge in [0, 0.05) is 18.7 Å². The molecule has 0 radical (unpaired) electrons. The number of piperazine rings is 1. The lowest BCUT2D eigenvalue weighted by atomic mass is 10.1. The second kappa shape index (κ2) is 12.7. The quantitative estimate of drug-likeness (QED) is 0.706. The van der Waals surface area contributed by atoms with Crippen molar-refractivity contribution in [2.45, 2.75) is 54.0 Å². The van der Waals surface area contributed by atoms with E-state index in [1.54, 1.807) is 0 Å². The molecule has 0 bridgehead atoms. The molecule has 0 amide bonds. The molecule has 0 spiro atoms. The van der Waals surface area contributed by atoms with E-state index in [0.717, 1.165) is 0 Å². The molecule has 1 aromatic rings. The van der Waals surface area contributed by atoms with Gasteiger partial charge in [-0.15, -0.1) is 0 Å². The average molecular weight is 308 g/mol. The lowest BCUT2D eigenvalue weighted by Crippen LogP contribution is -2.56. The minimum absolute atomic E-state index is 1.18. The Labute approximate surface area is 139 Å². The molecule has 1 aliphatic rings. The highest BCUT2D eigenvalue weighted by atomic mass is 15.4. The first-order valence-electron chi connectivity index (χ1n) is 9.32. The highest BCUT2D eigenvalue weighted by molar-refractivity contribution is 5.13. The van der Waals surface area contributed by atoms with Gasteiger partial charge >= 0.3 is 0 Å². The molecule has 0 saturated carbocycles. The normalized spacial score (nSPS) is 16.8. The van der Waals surface area contributed by atoms with Crippen LogP contribution in [0.2, 0.25) is 0 Å². The van der Waals surface area contributed by atoms with Crippen molar-refractivity contribution < 1.29 is 4.48 Å². The van der Waals surface area contributed by atoms with Crippen molar-refractivity contribution in [3.8, 4) is 0 Å². The summed E-state index contributed by atoms with van der Waals surface area (Å²) in [7, 11) is 2.41. The highest BCUT2D eigenvalue weighted by Gasteiger charge is 2.28. The number of benzene rings is 1. The standard InChI is InChI=1S/C16H27N2.2C2H6/c1-3-4-10-17-11-13-18(2,14-12-17)15-16-8-6-5-7-9-16;2*1-2/h5-9H,3-4,10-15H2,1-2H3;2*1-2H3/q+1;;. The second-order valence-electron chi connectivity index (χ2n) is 5.91. The molecule has 0 N–H and O–H groups in total. The number of quaternary nitrogens is 1. The fourth-order valence-corrected chi connectivity index (χ4v) is 2.78. The van der Waals surface area contributed by atoms with Gasteiger partial charge in [0.25, 0.3) is 0 Å². The zero-order valence-corrected chi connectivity index (χ0v) is 15.9. The van der Waals surface area contributed by atoms with Crippen LogP contribution in [-0.4, -0.2) is 49.2 Å². The fraction of sp³-hybridized carbons (Fsp3) is 0.700. The summed E-state index contributed by atoms with van der Waals surface area (Å²) < 4.78 is 1.20. The number of rotatable bonds is 5. The number of unbranched alkanes of at least 4 members (excludes halogenated alkanes) is 1. The third-order valence-corrected chi connectivity index (χ3v) is 4.15. The first-order chi connectivity index (χ1) is 10.7. The van der Waals surface area contributed by atoms with E-state index in [2.05, 4.69) is 49.2 Å². The van der Waals surface area contributed by atoms with Gasteiger partial charge in [0.2, 0.25) is 0 Å². The average Bonchev–Trinajstić information content (AvgIpc) is 2.59. The van der Waals surface area contributed by atoms with Crippen LogP contribution in [-0.2, 0) is 6.54 Å². The minimum Gasteiger partial charge on any atom is -0.320 e. The summed E-state index contributed by atoms with van der Waals surface area (Å²) in [5, 5.41) is 0. The largest absolute Gasteiger partial charge is 0.320 e. The van der Waals surface area contributed by atoms with Gasteiger partial charge in [-0.1, -0.05) is 71.4 Å². The van der Waals surface area contributed by atoms with E-state index in [0.29, 0.717) is 0 Å². The zero-order valence-electron chi connectivity index (χ0n) is 15.9. The molecule has 2 rings (SSSR count). The third-order valence-electron chi connectivity index (χ3n) is 4.15. The highest BCUT2D eigenvalue weighted by Crippen LogP contribution is 2.16. The Morgan fingerprint density at radius 1 is 0.955 bits per heavy atom. The van der Waals surface area contributed by atoms with E-state index in [1.807, 2.05) is 27.7 Å². The molecule has 0 aliphatic carbocycles. The monoisotopic (exact) mass is 307 g/mol. The van der Waals surface area contributed by atoms with Crippen LogP contribution in [0.1, 0.15) is 53.0 Å². The van der Waals surface area contributed by atoms with Crippen molar-refractivity contribution in [1.29, 1.82) is 0 Å². The molecule has 1 heterocycles. The molecule has 1 saturated heterocycles.